The van der Waals surface area contributed by atoms with Crippen molar-refractivity contribution in [2.75, 3.05) is 32.4 Å². The molecule has 1 amide bonds. The van der Waals surface area contributed by atoms with Gasteiger partial charge in [0, 0.05) is 26.7 Å². The number of halogens is 1. The molecule has 5 heteroatoms. The number of nitrogens with zero attached hydrogens (tertiary/aromatic N) is 2. The van der Waals surface area contributed by atoms with E-state index in [4.69, 9.17) is 5.73 Å². The molecular formula is C12H16FN3O. The van der Waals surface area contributed by atoms with Gasteiger partial charge in [-0.15, -0.1) is 0 Å². The van der Waals surface area contributed by atoms with Crippen molar-refractivity contribution in [2.45, 2.75) is 6.54 Å². The van der Waals surface area contributed by atoms with Crippen molar-refractivity contribution in [1.82, 2.24) is 9.80 Å². The van der Waals surface area contributed by atoms with Crippen LogP contribution in [0.2, 0.25) is 0 Å². The fourth-order valence-corrected chi connectivity index (χ4v) is 1.87. The van der Waals surface area contributed by atoms with Crippen molar-refractivity contribution in [1.29, 1.82) is 0 Å². The Labute approximate surface area is 99.8 Å². The van der Waals surface area contributed by atoms with Crippen molar-refractivity contribution in [3.8, 4) is 0 Å². The topological polar surface area (TPSA) is 49.6 Å². The number of rotatable bonds is 2. The van der Waals surface area contributed by atoms with E-state index in [1.54, 1.807) is 24.1 Å². The van der Waals surface area contributed by atoms with Gasteiger partial charge >= 0.3 is 0 Å². The van der Waals surface area contributed by atoms with Gasteiger partial charge in [0.25, 0.3) is 0 Å². The molecule has 0 saturated carbocycles. The van der Waals surface area contributed by atoms with Crippen molar-refractivity contribution in [3.05, 3.63) is 29.6 Å². The highest BCUT2D eigenvalue weighted by molar-refractivity contribution is 5.78. The van der Waals surface area contributed by atoms with Crippen molar-refractivity contribution in [3.63, 3.8) is 0 Å². The standard InChI is InChI=1S/C12H16FN3O/c1-15-4-5-16(8-12(15)17)7-9-2-3-11(14)10(13)6-9/h2-3,6H,4-5,7-8,14H2,1H3. The van der Waals surface area contributed by atoms with Crippen LogP contribution in [-0.2, 0) is 11.3 Å². The third-order valence-electron chi connectivity index (χ3n) is 3.01. The fourth-order valence-electron chi connectivity index (χ4n) is 1.87. The molecule has 1 aliphatic rings. The van der Waals surface area contributed by atoms with Crippen LogP contribution >= 0.6 is 0 Å². The van der Waals surface area contributed by atoms with Crippen LogP contribution < -0.4 is 5.73 Å². The monoisotopic (exact) mass is 237 g/mol. The van der Waals surface area contributed by atoms with Gasteiger partial charge in [0.15, 0.2) is 0 Å². The molecule has 0 aliphatic carbocycles. The lowest BCUT2D eigenvalue weighted by Gasteiger charge is -2.31. The Morgan fingerprint density at radius 3 is 2.82 bits per heavy atom. The van der Waals surface area contributed by atoms with Gasteiger partial charge in [-0.1, -0.05) is 6.07 Å². The minimum absolute atomic E-state index is 0.104. The summed E-state index contributed by atoms with van der Waals surface area (Å²) in [5, 5.41) is 0. The molecule has 0 unspecified atom stereocenters. The van der Waals surface area contributed by atoms with Crippen LogP contribution in [0.3, 0.4) is 0 Å². The minimum atomic E-state index is -0.400. The number of benzene rings is 1. The van der Waals surface area contributed by atoms with Crippen LogP contribution in [0.4, 0.5) is 10.1 Å². The maximum absolute atomic E-state index is 13.3. The Balaban J connectivity index is 2.01. The molecule has 1 saturated heterocycles. The molecule has 0 radical (unpaired) electrons. The molecule has 1 aromatic rings. The highest BCUT2D eigenvalue weighted by Crippen LogP contribution is 2.14. The number of piperazine rings is 1. The van der Waals surface area contributed by atoms with Crippen LogP contribution in [0.1, 0.15) is 5.56 Å². The first kappa shape index (κ1) is 11.9. The molecule has 0 atom stereocenters. The fraction of sp³-hybridized carbons (Fsp3) is 0.417. The lowest BCUT2D eigenvalue weighted by molar-refractivity contribution is -0.134. The van der Waals surface area contributed by atoms with E-state index in [1.165, 1.54) is 6.07 Å². The summed E-state index contributed by atoms with van der Waals surface area (Å²) in [7, 11) is 1.79. The second-order valence-corrected chi connectivity index (χ2v) is 4.38. The van der Waals surface area contributed by atoms with E-state index in [1.807, 2.05) is 4.90 Å². The third-order valence-corrected chi connectivity index (χ3v) is 3.01. The summed E-state index contributed by atoms with van der Waals surface area (Å²) in [6.45, 7) is 2.50. The molecule has 1 aliphatic heterocycles. The quantitative estimate of drug-likeness (QED) is 0.770. The second kappa shape index (κ2) is 4.71. The molecule has 2 rings (SSSR count). The highest BCUT2D eigenvalue weighted by atomic mass is 19.1. The summed E-state index contributed by atoms with van der Waals surface area (Å²) in [5.74, 6) is -0.296. The number of carbonyl (C=O) groups excluding carboxylic acids is 1. The zero-order valence-electron chi connectivity index (χ0n) is 9.82. The smallest absolute Gasteiger partial charge is 0.236 e. The van der Waals surface area contributed by atoms with E-state index in [9.17, 15) is 9.18 Å². The lowest BCUT2D eigenvalue weighted by Crippen LogP contribution is -2.47. The van der Waals surface area contributed by atoms with Crippen LogP contribution in [0.25, 0.3) is 0 Å². The molecule has 2 N–H and O–H groups in total. The predicted molar refractivity (Wildman–Crippen MR) is 63.7 cm³/mol. The van der Waals surface area contributed by atoms with Crippen LogP contribution in [0.5, 0.6) is 0 Å². The van der Waals surface area contributed by atoms with E-state index in [0.717, 1.165) is 18.7 Å². The average Bonchev–Trinajstić information content (AvgIpc) is 2.29. The minimum Gasteiger partial charge on any atom is -0.396 e. The van der Waals surface area contributed by atoms with E-state index in [-0.39, 0.29) is 11.6 Å². The number of hydrogen-bond acceptors (Lipinski definition) is 3. The van der Waals surface area contributed by atoms with Gasteiger partial charge in [0.1, 0.15) is 5.82 Å². The van der Waals surface area contributed by atoms with Gasteiger partial charge < -0.3 is 10.6 Å². The van der Waals surface area contributed by atoms with Crippen molar-refractivity contribution in [2.24, 2.45) is 0 Å². The maximum atomic E-state index is 13.3. The van der Waals surface area contributed by atoms with E-state index >= 15 is 0 Å². The Morgan fingerprint density at radius 2 is 2.18 bits per heavy atom. The Bertz CT molecular complexity index is 436. The maximum Gasteiger partial charge on any atom is 0.236 e. The summed E-state index contributed by atoms with van der Waals surface area (Å²) >= 11 is 0. The number of nitrogen functional groups attached to an aromatic ring is 1. The molecule has 4 nitrogen and oxygen atoms in total. The Morgan fingerprint density at radius 1 is 1.41 bits per heavy atom. The van der Waals surface area contributed by atoms with Gasteiger partial charge in [-0.2, -0.15) is 0 Å². The molecule has 17 heavy (non-hydrogen) atoms. The number of carbonyl (C=O) groups is 1. The van der Waals surface area contributed by atoms with E-state index in [2.05, 4.69) is 0 Å². The van der Waals surface area contributed by atoms with E-state index in [0.29, 0.717) is 13.1 Å². The summed E-state index contributed by atoms with van der Waals surface area (Å²) in [6.07, 6.45) is 0. The van der Waals surface area contributed by atoms with Crippen molar-refractivity contribution >= 4 is 11.6 Å². The van der Waals surface area contributed by atoms with Gasteiger partial charge in [-0.05, 0) is 17.7 Å². The van der Waals surface area contributed by atoms with Gasteiger partial charge in [0.05, 0.1) is 12.2 Å². The average molecular weight is 237 g/mol. The summed E-state index contributed by atoms with van der Waals surface area (Å²) in [6, 6.07) is 4.78. The molecule has 1 aromatic carbocycles. The lowest BCUT2D eigenvalue weighted by atomic mass is 10.1. The predicted octanol–water partition coefficient (Wildman–Crippen LogP) is 0.682. The van der Waals surface area contributed by atoms with Gasteiger partial charge in [-0.25, -0.2) is 4.39 Å². The Hall–Kier alpha value is -1.62. The van der Waals surface area contributed by atoms with Crippen molar-refractivity contribution < 1.29 is 9.18 Å². The molecule has 0 spiro atoms. The zero-order valence-corrected chi connectivity index (χ0v) is 9.82. The number of anilines is 1. The largest absolute Gasteiger partial charge is 0.396 e. The number of likely N-dealkylation sites (N-methyl/N-ethyl adjacent to an activating group) is 1. The first-order valence-corrected chi connectivity index (χ1v) is 5.56. The molecular weight excluding hydrogens is 221 g/mol. The second-order valence-electron chi connectivity index (χ2n) is 4.38. The molecule has 92 valence electrons. The zero-order chi connectivity index (χ0) is 12.4. The van der Waals surface area contributed by atoms with Gasteiger partial charge in [0.2, 0.25) is 5.91 Å². The first-order chi connectivity index (χ1) is 8.06. The molecule has 0 bridgehead atoms. The summed E-state index contributed by atoms with van der Waals surface area (Å²) in [5.41, 5.74) is 6.41. The Kier molecular flexibility index (Phi) is 3.28. The summed E-state index contributed by atoms with van der Waals surface area (Å²) < 4.78 is 13.3. The summed E-state index contributed by atoms with van der Waals surface area (Å²) in [4.78, 5) is 15.2. The highest BCUT2D eigenvalue weighted by Gasteiger charge is 2.20. The molecule has 1 fully saturated rings. The molecule has 1 heterocycles. The van der Waals surface area contributed by atoms with Gasteiger partial charge in [-0.3, -0.25) is 9.69 Å². The molecule has 0 aromatic heterocycles. The SMILES string of the molecule is CN1CCN(Cc2ccc(N)c(F)c2)CC1=O. The first-order valence-electron chi connectivity index (χ1n) is 5.56. The number of nitrogens with two attached hydrogens (primary N) is 1. The normalized spacial score (nSPS) is 17.5. The van der Waals surface area contributed by atoms with Crippen LogP contribution in [-0.4, -0.2) is 42.4 Å². The number of hydrogen-bond donors (Lipinski definition) is 1. The number of amides is 1. The van der Waals surface area contributed by atoms with Crippen LogP contribution in [0, 0.1) is 5.82 Å². The third kappa shape index (κ3) is 2.74. The van der Waals surface area contributed by atoms with E-state index < -0.39 is 5.82 Å². The van der Waals surface area contributed by atoms with Crippen LogP contribution in [0.15, 0.2) is 18.2 Å².